The summed E-state index contributed by atoms with van der Waals surface area (Å²) in [6.07, 6.45) is -0.261. The molecule has 2 rings (SSSR count). The number of benzene rings is 1. The molecule has 1 heterocycles. The average molecular weight is 247 g/mol. The molecule has 0 spiro atoms. The zero-order valence-corrected chi connectivity index (χ0v) is 10.1. The third-order valence-electron chi connectivity index (χ3n) is 2.41. The number of hydrogen-bond donors (Lipinski definition) is 1. The van der Waals surface area contributed by atoms with Gasteiger partial charge in [-0.3, -0.25) is 4.79 Å². The summed E-state index contributed by atoms with van der Waals surface area (Å²) in [7, 11) is 3.91. The molecule has 0 aliphatic rings. The second-order valence-corrected chi connectivity index (χ2v) is 4.02. The van der Waals surface area contributed by atoms with Crippen LogP contribution in [0.3, 0.4) is 0 Å². The van der Waals surface area contributed by atoms with E-state index in [0.717, 1.165) is 11.3 Å². The molecule has 0 radical (unpaired) electrons. The van der Waals surface area contributed by atoms with Crippen LogP contribution in [-0.2, 0) is 11.2 Å². The zero-order chi connectivity index (χ0) is 13.1. The van der Waals surface area contributed by atoms with Crippen LogP contribution in [0.2, 0.25) is 0 Å². The fourth-order valence-electron chi connectivity index (χ4n) is 1.48. The van der Waals surface area contributed by atoms with Crippen LogP contribution in [0.5, 0.6) is 0 Å². The van der Waals surface area contributed by atoms with Gasteiger partial charge in [0, 0.05) is 25.3 Å². The van der Waals surface area contributed by atoms with E-state index < -0.39 is 5.97 Å². The molecular formula is C12H13N3O3. The van der Waals surface area contributed by atoms with Crippen molar-refractivity contribution in [3.8, 4) is 11.4 Å². The highest BCUT2D eigenvalue weighted by molar-refractivity contribution is 5.69. The molecule has 0 aliphatic heterocycles. The number of aliphatic carboxylic acids is 1. The normalized spacial score (nSPS) is 10.3. The highest BCUT2D eigenvalue weighted by Crippen LogP contribution is 2.19. The molecule has 0 aliphatic carbocycles. The second-order valence-electron chi connectivity index (χ2n) is 4.02. The summed E-state index contributed by atoms with van der Waals surface area (Å²) < 4.78 is 4.86. The topological polar surface area (TPSA) is 79.5 Å². The minimum absolute atomic E-state index is 0.106. The Kier molecular flexibility index (Phi) is 3.27. The van der Waals surface area contributed by atoms with Crippen LogP contribution in [0, 0.1) is 0 Å². The SMILES string of the molecule is CN(C)c1ccc(-c2noc(CC(=O)O)n2)cc1. The van der Waals surface area contributed by atoms with Gasteiger partial charge in [0.25, 0.3) is 0 Å². The molecule has 1 aromatic carbocycles. The predicted octanol–water partition coefficient (Wildman–Crippen LogP) is 1.43. The van der Waals surface area contributed by atoms with Crippen molar-refractivity contribution in [1.82, 2.24) is 10.1 Å². The minimum Gasteiger partial charge on any atom is -0.481 e. The molecule has 0 amide bonds. The number of hydrogen-bond acceptors (Lipinski definition) is 5. The van der Waals surface area contributed by atoms with Crippen LogP contribution >= 0.6 is 0 Å². The monoisotopic (exact) mass is 247 g/mol. The average Bonchev–Trinajstić information content (AvgIpc) is 2.76. The van der Waals surface area contributed by atoms with Crippen molar-refractivity contribution in [2.24, 2.45) is 0 Å². The Bertz CT molecular complexity index is 546. The first-order valence-corrected chi connectivity index (χ1v) is 5.38. The molecule has 0 saturated carbocycles. The third-order valence-corrected chi connectivity index (χ3v) is 2.41. The Morgan fingerprint density at radius 1 is 1.33 bits per heavy atom. The molecule has 0 atom stereocenters. The molecule has 2 aromatic rings. The molecule has 94 valence electrons. The maximum Gasteiger partial charge on any atom is 0.312 e. The minimum atomic E-state index is -0.992. The van der Waals surface area contributed by atoms with Crippen LogP contribution in [0.25, 0.3) is 11.4 Å². The van der Waals surface area contributed by atoms with E-state index in [9.17, 15) is 4.79 Å². The van der Waals surface area contributed by atoms with E-state index in [2.05, 4.69) is 10.1 Å². The van der Waals surface area contributed by atoms with Crippen LogP contribution in [-0.4, -0.2) is 35.3 Å². The van der Waals surface area contributed by atoms with Gasteiger partial charge < -0.3 is 14.5 Å². The van der Waals surface area contributed by atoms with Gasteiger partial charge in [0.1, 0.15) is 6.42 Å². The van der Waals surface area contributed by atoms with Crippen molar-refractivity contribution in [3.63, 3.8) is 0 Å². The lowest BCUT2D eigenvalue weighted by molar-refractivity contribution is -0.136. The molecule has 1 N–H and O–H groups in total. The van der Waals surface area contributed by atoms with Gasteiger partial charge in [-0.1, -0.05) is 5.16 Å². The Balaban J connectivity index is 2.20. The summed E-state index contributed by atoms with van der Waals surface area (Å²) >= 11 is 0. The molecule has 0 fully saturated rings. The van der Waals surface area contributed by atoms with Crippen LogP contribution in [0.1, 0.15) is 5.89 Å². The molecule has 0 bridgehead atoms. The summed E-state index contributed by atoms with van der Waals surface area (Å²) in [4.78, 5) is 16.5. The van der Waals surface area contributed by atoms with E-state index in [0.29, 0.717) is 5.82 Å². The van der Waals surface area contributed by atoms with E-state index >= 15 is 0 Å². The standard InChI is InChI=1S/C12H13N3O3/c1-15(2)9-5-3-8(4-6-9)12-13-10(18-14-12)7-11(16)17/h3-6H,7H2,1-2H3,(H,16,17). The van der Waals surface area contributed by atoms with Crippen molar-refractivity contribution in [2.45, 2.75) is 6.42 Å². The molecule has 0 saturated heterocycles. The van der Waals surface area contributed by atoms with E-state index in [1.54, 1.807) is 0 Å². The van der Waals surface area contributed by atoms with Gasteiger partial charge in [0.05, 0.1) is 0 Å². The first kappa shape index (κ1) is 12.1. The van der Waals surface area contributed by atoms with Crippen molar-refractivity contribution in [1.29, 1.82) is 0 Å². The number of aromatic nitrogens is 2. The van der Waals surface area contributed by atoms with Gasteiger partial charge >= 0.3 is 5.97 Å². The number of rotatable bonds is 4. The van der Waals surface area contributed by atoms with Crippen molar-refractivity contribution in [3.05, 3.63) is 30.2 Å². The lowest BCUT2D eigenvalue weighted by Crippen LogP contribution is -2.07. The molecular weight excluding hydrogens is 234 g/mol. The summed E-state index contributed by atoms with van der Waals surface area (Å²) in [6.45, 7) is 0. The van der Waals surface area contributed by atoms with Crippen molar-refractivity contribution >= 4 is 11.7 Å². The number of carbonyl (C=O) groups is 1. The molecule has 1 aromatic heterocycles. The molecule has 18 heavy (non-hydrogen) atoms. The Hall–Kier alpha value is -2.37. The predicted molar refractivity (Wildman–Crippen MR) is 65.4 cm³/mol. The molecule has 6 nitrogen and oxygen atoms in total. The third kappa shape index (κ3) is 2.65. The first-order valence-electron chi connectivity index (χ1n) is 5.38. The van der Waals surface area contributed by atoms with Crippen LogP contribution < -0.4 is 4.90 Å². The van der Waals surface area contributed by atoms with Gasteiger partial charge in [-0.05, 0) is 24.3 Å². The number of carboxylic acids is 1. The highest BCUT2D eigenvalue weighted by Gasteiger charge is 2.11. The zero-order valence-electron chi connectivity index (χ0n) is 10.1. The maximum absolute atomic E-state index is 10.5. The van der Waals surface area contributed by atoms with Crippen LogP contribution in [0.15, 0.2) is 28.8 Å². The molecule has 6 heteroatoms. The van der Waals surface area contributed by atoms with E-state index in [1.165, 1.54) is 0 Å². The largest absolute Gasteiger partial charge is 0.481 e. The van der Waals surface area contributed by atoms with E-state index in [-0.39, 0.29) is 12.3 Å². The number of anilines is 1. The van der Waals surface area contributed by atoms with Crippen molar-refractivity contribution in [2.75, 3.05) is 19.0 Å². The van der Waals surface area contributed by atoms with E-state index in [4.69, 9.17) is 9.63 Å². The van der Waals surface area contributed by atoms with Gasteiger partial charge in [-0.15, -0.1) is 0 Å². The Morgan fingerprint density at radius 2 is 2.00 bits per heavy atom. The maximum atomic E-state index is 10.5. The lowest BCUT2D eigenvalue weighted by Gasteiger charge is -2.11. The fraction of sp³-hybridized carbons (Fsp3) is 0.250. The summed E-state index contributed by atoms with van der Waals surface area (Å²) in [5.41, 5.74) is 1.86. The quantitative estimate of drug-likeness (QED) is 0.880. The summed E-state index contributed by atoms with van der Waals surface area (Å²) in [5.74, 6) is -0.487. The summed E-state index contributed by atoms with van der Waals surface area (Å²) in [6, 6.07) is 7.60. The number of nitrogens with zero attached hydrogens (tertiary/aromatic N) is 3. The lowest BCUT2D eigenvalue weighted by atomic mass is 10.2. The van der Waals surface area contributed by atoms with Crippen molar-refractivity contribution < 1.29 is 14.4 Å². The smallest absolute Gasteiger partial charge is 0.312 e. The Morgan fingerprint density at radius 3 is 2.56 bits per heavy atom. The highest BCUT2D eigenvalue weighted by atomic mass is 16.5. The van der Waals surface area contributed by atoms with Gasteiger partial charge in [0.2, 0.25) is 11.7 Å². The number of carboxylic acid groups (broad SMARTS) is 1. The molecule has 0 unspecified atom stereocenters. The fourth-order valence-corrected chi connectivity index (χ4v) is 1.48. The van der Waals surface area contributed by atoms with Gasteiger partial charge in [-0.25, -0.2) is 0 Å². The van der Waals surface area contributed by atoms with Gasteiger partial charge in [0.15, 0.2) is 0 Å². The van der Waals surface area contributed by atoms with Gasteiger partial charge in [-0.2, -0.15) is 4.98 Å². The van der Waals surface area contributed by atoms with Crippen LogP contribution in [0.4, 0.5) is 5.69 Å². The Labute approximate surface area is 104 Å². The first-order chi connectivity index (χ1) is 8.56. The van der Waals surface area contributed by atoms with E-state index in [1.807, 2.05) is 43.3 Å². The summed E-state index contributed by atoms with van der Waals surface area (Å²) in [5, 5.41) is 12.4. The second kappa shape index (κ2) is 4.87.